The summed E-state index contributed by atoms with van der Waals surface area (Å²) in [4.78, 5) is 0. The summed E-state index contributed by atoms with van der Waals surface area (Å²) in [5.74, 6) is 0. The number of hydrogen-bond acceptors (Lipinski definition) is 0. The Hall–Kier alpha value is -0.261. The molecule has 38 valence electrons. The Bertz CT molecular complexity index is 76.1. The molecule has 0 heterocycles. The molecular weight excluding hydrogens is 128 g/mol. The molecule has 0 aliphatic carbocycles. The van der Waals surface area contributed by atoms with Crippen LogP contribution in [-0.4, -0.2) is 0 Å². The second-order valence-electron chi connectivity index (χ2n) is 1.08. The molecule has 0 radical (unpaired) electrons. The van der Waals surface area contributed by atoms with Gasteiger partial charge in [-0.3, -0.25) is 0 Å². The van der Waals surface area contributed by atoms with Gasteiger partial charge >= 0.3 is 0 Å². The van der Waals surface area contributed by atoms with Crippen LogP contribution in [0, 0.1) is 6.07 Å². The van der Waals surface area contributed by atoms with E-state index in [1.807, 2.05) is 30.3 Å². The van der Waals surface area contributed by atoms with Crippen molar-refractivity contribution in [3.05, 3.63) is 36.4 Å². The van der Waals surface area contributed by atoms with E-state index in [-0.39, 0.29) is 17.1 Å². The monoisotopic (exact) mass is 133 g/mol. The normalized spacial score (nSPS) is 6.86. The SMILES string of the molecule is [Fe].[c-]1ccccc1. The summed E-state index contributed by atoms with van der Waals surface area (Å²) in [5.41, 5.74) is 0. The van der Waals surface area contributed by atoms with Crippen molar-refractivity contribution >= 4 is 0 Å². The third-order valence-corrected chi connectivity index (χ3v) is 0.607. The zero-order chi connectivity index (χ0) is 4.24. The van der Waals surface area contributed by atoms with Crippen LogP contribution >= 0.6 is 0 Å². The average Bonchev–Trinajstić information content (AvgIpc) is 1.72. The van der Waals surface area contributed by atoms with Gasteiger partial charge in [-0.05, 0) is 0 Å². The minimum atomic E-state index is 0. The maximum absolute atomic E-state index is 2.89. The minimum Gasteiger partial charge on any atom is -0.184 e. The van der Waals surface area contributed by atoms with E-state index in [0.29, 0.717) is 0 Å². The quantitative estimate of drug-likeness (QED) is 0.371. The molecule has 0 saturated carbocycles. The van der Waals surface area contributed by atoms with E-state index in [1.54, 1.807) is 0 Å². The van der Waals surface area contributed by atoms with Crippen LogP contribution in [0.15, 0.2) is 30.3 Å². The molecule has 1 aromatic rings. The molecule has 1 rings (SSSR count). The van der Waals surface area contributed by atoms with Gasteiger partial charge in [0.1, 0.15) is 0 Å². The predicted molar refractivity (Wildman–Crippen MR) is 25.3 cm³/mol. The largest absolute Gasteiger partial charge is 0.184 e. The molecule has 0 amide bonds. The van der Waals surface area contributed by atoms with Crippen molar-refractivity contribution < 1.29 is 17.1 Å². The van der Waals surface area contributed by atoms with Gasteiger partial charge in [-0.2, -0.15) is 36.4 Å². The van der Waals surface area contributed by atoms with Gasteiger partial charge in [0.25, 0.3) is 0 Å². The maximum Gasteiger partial charge on any atom is 0 e. The van der Waals surface area contributed by atoms with Crippen molar-refractivity contribution in [1.29, 1.82) is 0 Å². The minimum absolute atomic E-state index is 0. The average molecular weight is 133 g/mol. The Morgan fingerprint density at radius 2 is 1.43 bits per heavy atom. The Labute approximate surface area is 54.0 Å². The topological polar surface area (TPSA) is 0 Å². The molecule has 1 heteroatoms. The van der Waals surface area contributed by atoms with Crippen LogP contribution in [0.25, 0.3) is 0 Å². The molecule has 0 saturated heterocycles. The van der Waals surface area contributed by atoms with Crippen molar-refractivity contribution in [1.82, 2.24) is 0 Å². The van der Waals surface area contributed by atoms with Gasteiger partial charge in [-0.1, -0.05) is 0 Å². The summed E-state index contributed by atoms with van der Waals surface area (Å²) < 4.78 is 0. The van der Waals surface area contributed by atoms with Gasteiger partial charge in [-0.25, -0.2) is 0 Å². The third kappa shape index (κ3) is 2.44. The van der Waals surface area contributed by atoms with Crippen LogP contribution in [0.4, 0.5) is 0 Å². The van der Waals surface area contributed by atoms with Gasteiger partial charge in [0.05, 0.1) is 0 Å². The van der Waals surface area contributed by atoms with Crippen LogP contribution in [0.5, 0.6) is 0 Å². The van der Waals surface area contributed by atoms with Crippen LogP contribution in [0.1, 0.15) is 0 Å². The third-order valence-electron chi connectivity index (χ3n) is 0.607. The van der Waals surface area contributed by atoms with E-state index >= 15 is 0 Å². The zero-order valence-electron chi connectivity index (χ0n) is 3.74. The van der Waals surface area contributed by atoms with E-state index in [9.17, 15) is 0 Å². The summed E-state index contributed by atoms with van der Waals surface area (Å²) in [6.07, 6.45) is 0. The fourth-order valence-electron chi connectivity index (χ4n) is 0.342. The first kappa shape index (κ1) is 6.74. The second-order valence-corrected chi connectivity index (χ2v) is 1.08. The summed E-state index contributed by atoms with van der Waals surface area (Å²) in [5, 5.41) is 0. The summed E-state index contributed by atoms with van der Waals surface area (Å²) in [6, 6.07) is 12.5. The van der Waals surface area contributed by atoms with Gasteiger partial charge < -0.3 is 0 Å². The zero-order valence-corrected chi connectivity index (χ0v) is 4.84. The van der Waals surface area contributed by atoms with Crippen molar-refractivity contribution in [3.8, 4) is 0 Å². The van der Waals surface area contributed by atoms with E-state index in [2.05, 4.69) is 6.07 Å². The predicted octanol–water partition coefficient (Wildman–Crippen LogP) is 1.48. The van der Waals surface area contributed by atoms with Gasteiger partial charge in [-0.15, -0.1) is 0 Å². The maximum atomic E-state index is 2.89. The number of benzene rings is 1. The van der Waals surface area contributed by atoms with E-state index < -0.39 is 0 Å². The molecule has 0 nitrogen and oxygen atoms in total. The first-order valence-corrected chi connectivity index (χ1v) is 1.91. The van der Waals surface area contributed by atoms with Crippen molar-refractivity contribution in [2.24, 2.45) is 0 Å². The second kappa shape index (κ2) is 3.91. The molecule has 0 atom stereocenters. The Balaban J connectivity index is 0.000000360. The Kier molecular flexibility index (Phi) is 3.77. The van der Waals surface area contributed by atoms with Crippen molar-refractivity contribution in [2.45, 2.75) is 0 Å². The molecule has 0 N–H and O–H groups in total. The van der Waals surface area contributed by atoms with Gasteiger partial charge in [0.15, 0.2) is 0 Å². The van der Waals surface area contributed by atoms with E-state index in [4.69, 9.17) is 0 Å². The van der Waals surface area contributed by atoms with Crippen LogP contribution in [0.3, 0.4) is 0 Å². The molecular formula is C6H5Fe-. The smallest absolute Gasteiger partial charge is 0 e. The molecule has 0 unspecified atom stereocenters. The summed E-state index contributed by atoms with van der Waals surface area (Å²) in [6.45, 7) is 0. The van der Waals surface area contributed by atoms with Gasteiger partial charge in [0.2, 0.25) is 0 Å². The summed E-state index contributed by atoms with van der Waals surface area (Å²) >= 11 is 0. The van der Waals surface area contributed by atoms with Crippen molar-refractivity contribution in [3.63, 3.8) is 0 Å². The van der Waals surface area contributed by atoms with Crippen LogP contribution in [-0.2, 0) is 17.1 Å². The molecule has 0 aliphatic heterocycles. The molecule has 0 aromatic heterocycles. The van der Waals surface area contributed by atoms with Crippen LogP contribution < -0.4 is 0 Å². The first-order chi connectivity index (χ1) is 3.00. The molecule has 0 fully saturated rings. The summed E-state index contributed by atoms with van der Waals surface area (Å²) in [7, 11) is 0. The molecule has 0 aliphatic rings. The van der Waals surface area contributed by atoms with Crippen molar-refractivity contribution in [2.75, 3.05) is 0 Å². The molecule has 0 spiro atoms. The molecule has 7 heavy (non-hydrogen) atoms. The Morgan fingerprint density at radius 3 is 1.57 bits per heavy atom. The van der Waals surface area contributed by atoms with Gasteiger partial charge in [0, 0.05) is 17.1 Å². The standard InChI is InChI=1S/C6H5.Fe/c1-2-4-6-5-3-1;/h1-5H;/q-1;. The fourth-order valence-corrected chi connectivity index (χ4v) is 0.342. The van der Waals surface area contributed by atoms with E-state index in [0.717, 1.165) is 0 Å². The number of rotatable bonds is 0. The fraction of sp³-hybridized carbons (Fsp3) is 0. The molecule has 0 bridgehead atoms. The van der Waals surface area contributed by atoms with Crippen LogP contribution in [0.2, 0.25) is 0 Å². The Morgan fingerprint density at radius 1 is 0.857 bits per heavy atom. The molecule has 1 aromatic carbocycles. The first-order valence-electron chi connectivity index (χ1n) is 1.91. The van der Waals surface area contributed by atoms with E-state index in [1.165, 1.54) is 0 Å². The number of hydrogen-bond donors (Lipinski definition) is 0.